The summed E-state index contributed by atoms with van der Waals surface area (Å²) in [5.74, 6) is -1.10. The molecule has 0 aliphatic carbocycles. The van der Waals surface area contributed by atoms with Gasteiger partial charge < -0.3 is 15.2 Å². The van der Waals surface area contributed by atoms with Crippen molar-refractivity contribution in [3.63, 3.8) is 0 Å². The quantitative estimate of drug-likeness (QED) is 0.288. The molecular formula is C20H16I2N2O4. The number of halogens is 2. The third kappa shape index (κ3) is 6.20. The number of benzene rings is 2. The lowest BCUT2D eigenvalue weighted by atomic mass is 10.1. The average Bonchev–Trinajstić information content (AvgIpc) is 2.57. The first-order valence-electron chi connectivity index (χ1n) is 8.04. The van der Waals surface area contributed by atoms with Crippen molar-refractivity contribution >= 4 is 68.8 Å². The van der Waals surface area contributed by atoms with Gasteiger partial charge >= 0.3 is 5.97 Å². The molecule has 0 bridgehead atoms. The van der Waals surface area contributed by atoms with Crippen LogP contribution in [0.5, 0.6) is 5.75 Å². The fourth-order valence-electron chi connectivity index (χ4n) is 2.50. The van der Waals surface area contributed by atoms with E-state index >= 15 is 0 Å². The van der Waals surface area contributed by atoms with Crippen LogP contribution in [-0.4, -0.2) is 23.6 Å². The molecule has 0 aromatic heterocycles. The molecule has 0 aliphatic rings. The molecule has 1 amide bonds. The minimum atomic E-state index is -1.06. The number of carbonyl (C=O) groups excluding carboxylic acids is 1. The largest absolute Gasteiger partial charge is 0.480 e. The second-order valence-electron chi connectivity index (χ2n) is 6.00. The maximum absolute atomic E-state index is 12.5. The van der Waals surface area contributed by atoms with Crippen LogP contribution in [0, 0.1) is 32.3 Å². The van der Waals surface area contributed by atoms with Crippen molar-refractivity contribution in [2.75, 3.05) is 11.9 Å². The number of anilines is 1. The molecule has 0 atom stereocenters. The standard InChI is InChI=1S/C20H16I2N2O4/c1-11-3-12(2)5-15(4-11)24-20(27)14(9-23)6-13-7-16(21)19(17(22)8-13)28-10-18(25)26/h3-8H,10H2,1-2H3,(H,24,27)(H,25,26)/b14-6-. The van der Waals surface area contributed by atoms with E-state index in [1.165, 1.54) is 6.08 Å². The Morgan fingerprint density at radius 2 is 1.71 bits per heavy atom. The van der Waals surface area contributed by atoms with Crippen molar-refractivity contribution in [3.05, 3.63) is 59.7 Å². The smallest absolute Gasteiger partial charge is 0.341 e. The molecule has 144 valence electrons. The number of aliphatic carboxylic acids is 1. The third-order valence-electron chi connectivity index (χ3n) is 3.52. The van der Waals surface area contributed by atoms with E-state index in [0.29, 0.717) is 24.1 Å². The van der Waals surface area contributed by atoms with Gasteiger partial charge in [-0.1, -0.05) is 6.07 Å². The third-order valence-corrected chi connectivity index (χ3v) is 5.12. The van der Waals surface area contributed by atoms with E-state index in [9.17, 15) is 14.9 Å². The molecule has 2 aromatic rings. The second-order valence-corrected chi connectivity index (χ2v) is 8.32. The zero-order chi connectivity index (χ0) is 20.8. The van der Waals surface area contributed by atoms with Crippen LogP contribution in [0.1, 0.15) is 16.7 Å². The topological polar surface area (TPSA) is 99.4 Å². The van der Waals surface area contributed by atoms with Crippen molar-refractivity contribution < 1.29 is 19.4 Å². The number of rotatable bonds is 6. The minimum absolute atomic E-state index is 0.0371. The molecule has 0 radical (unpaired) electrons. The van der Waals surface area contributed by atoms with Gasteiger partial charge in [-0.15, -0.1) is 0 Å². The van der Waals surface area contributed by atoms with Gasteiger partial charge in [0.25, 0.3) is 5.91 Å². The molecule has 0 heterocycles. The van der Waals surface area contributed by atoms with Gasteiger partial charge in [0.2, 0.25) is 0 Å². The van der Waals surface area contributed by atoms with Crippen molar-refractivity contribution in [1.82, 2.24) is 0 Å². The summed E-state index contributed by atoms with van der Waals surface area (Å²) in [7, 11) is 0. The van der Waals surface area contributed by atoms with Crippen LogP contribution in [0.25, 0.3) is 6.08 Å². The normalized spacial score (nSPS) is 10.9. The number of aryl methyl sites for hydroxylation is 2. The number of carboxylic acid groups (broad SMARTS) is 1. The minimum Gasteiger partial charge on any atom is -0.480 e. The number of amides is 1. The zero-order valence-electron chi connectivity index (χ0n) is 15.0. The number of nitrogens with zero attached hydrogens (tertiary/aromatic N) is 1. The Morgan fingerprint density at radius 3 is 2.21 bits per heavy atom. The Kier molecular flexibility index (Phi) is 7.82. The van der Waals surface area contributed by atoms with Crippen LogP contribution < -0.4 is 10.1 Å². The first kappa shape index (κ1) is 22.2. The van der Waals surface area contributed by atoms with Gasteiger partial charge in [0.05, 0.1) is 7.14 Å². The fourth-order valence-corrected chi connectivity index (χ4v) is 4.62. The molecule has 28 heavy (non-hydrogen) atoms. The van der Waals surface area contributed by atoms with E-state index < -0.39 is 18.5 Å². The molecule has 2 aromatic carbocycles. The summed E-state index contributed by atoms with van der Waals surface area (Å²) in [5, 5.41) is 20.9. The highest BCUT2D eigenvalue weighted by Gasteiger charge is 2.13. The number of carboxylic acids is 1. The van der Waals surface area contributed by atoms with Crippen molar-refractivity contribution in [1.29, 1.82) is 5.26 Å². The lowest BCUT2D eigenvalue weighted by molar-refractivity contribution is -0.139. The molecule has 0 saturated heterocycles. The van der Waals surface area contributed by atoms with Crippen molar-refractivity contribution in [3.8, 4) is 11.8 Å². The lowest BCUT2D eigenvalue weighted by Gasteiger charge is -2.10. The van der Waals surface area contributed by atoms with Crippen molar-refractivity contribution in [2.24, 2.45) is 0 Å². The van der Waals surface area contributed by atoms with E-state index in [0.717, 1.165) is 11.1 Å². The molecule has 0 unspecified atom stereocenters. The van der Waals surface area contributed by atoms with Crippen LogP contribution in [-0.2, 0) is 9.59 Å². The molecular weight excluding hydrogens is 586 g/mol. The fraction of sp³-hybridized carbons (Fsp3) is 0.150. The zero-order valence-corrected chi connectivity index (χ0v) is 19.4. The van der Waals surface area contributed by atoms with Crippen LogP contribution in [0.3, 0.4) is 0 Å². The maximum Gasteiger partial charge on any atom is 0.341 e. The molecule has 8 heteroatoms. The summed E-state index contributed by atoms with van der Waals surface area (Å²) in [6.07, 6.45) is 1.49. The van der Waals surface area contributed by atoms with Gasteiger partial charge in [0, 0.05) is 5.69 Å². The first-order valence-corrected chi connectivity index (χ1v) is 10.2. The Balaban J connectivity index is 2.27. The monoisotopic (exact) mass is 602 g/mol. The molecule has 2 N–H and O–H groups in total. The molecule has 0 aliphatic heterocycles. The first-order chi connectivity index (χ1) is 13.2. The number of nitrogens with one attached hydrogen (secondary N) is 1. The van der Waals surface area contributed by atoms with E-state index in [1.807, 2.05) is 83.3 Å². The summed E-state index contributed by atoms with van der Waals surface area (Å²) in [4.78, 5) is 23.2. The van der Waals surface area contributed by atoms with Gasteiger partial charge in [-0.2, -0.15) is 5.26 Å². The van der Waals surface area contributed by atoms with Gasteiger partial charge in [-0.3, -0.25) is 4.79 Å². The Morgan fingerprint density at radius 1 is 1.14 bits per heavy atom. The highest BCUT2D eigenvalue weighted by atomic mass is 127. The Hall–Kier alpha value is -2.13. The van der Waals surface area contributed by atoms with Gasteiger partial charge in [0.1, 0.15) is 17.4 Å². The van der Waals surface area contributed by atoms with E-state index in [1.54, 1.807) is 12.1 Å². The van der Waals surface area contributed by atoms with Gasteiger partial charge in [-0.05, 0) is 106 Å². The lowest BCUT2D eigenvalue weighted by Crippen LogP contribution is -2.13. The number of ether oxygens (including phenoxy) is 1. The van der Waals surface area contributed by atoms with Crippen LogP contribution in [0.2, 0.25) is 0 Å². The predicted molar refractivity (Wildman–Crippen MR) is 123 cm³/mol. The molecule has 0 fully saturated rings. The second kappa shape index (κ2) is 9.88. The van der Waals surface area contributed by atoms with E-state index in [4.69, 9.17) is 9.84 Å². The van der Waals surface area contributed by atoms with Gasteiger partial charge in [0.15, 0.2) is 6.61 Å². The van der Waals surface area contributed by atoms with Crippen LogP contribution in [0.4, 0.5) is 5.69 Å². The maximum atomic E-state index is 12.5. The van der Waals surface area contributed by atoms with Gasteiger partial charge in [-0.25, -0.2) is 4.79 Å². The summed E-state index contributed by atoms with van der Waals surface area (Å²) in [5.41, 5.74) is 3.26. The summed E-state index contributed by atoms with van der Waals surface area (Å²) < 4.78 is 6.65. The summed E-state index contributed by atoms with van der Waals surface area (Å²) in [6.45, 7) is 3.42. The molecule has 0 saturated carbocycles. The Labute approximate surface area is 189 Å². The highest BCUT2D eigenvalue weighted by molar-refractivity contribution is 14.1. The van der Waals surface area contributed by atoms with E-state index in [-0.39, 0.29) is 5.57 Å². The SMILES string of the molecule is Cc1cc(C)cc(NC(=O)/C(C#N)=C\c2cc(I)c(OCC(=O)O)c(I)c2)c1. The summed E-state index contributed by atoms with van der Waals surface area (Å²) >= 11 is 4.05. The molecule has 0 spiro atoms. The van der Waals surface area contributed by atoms with E-state index in [2.05, 4.69) is 5.32 Å². The number of hydrogen-bond acceptors (Lipinski definition) is 4. The number of carbonyl (C=O) groups is 2. The van der Waals surface area contributed by atoms with Crippen molar-refractivity contribution in [2.45, 2.75) is 13.8 Å². The summed E-state index contributed by atoms with van der Waals surface area (Å²) in [6, 6.07) is 11.0. The number of nitriles is 1. The Bertz CT molecular complexity index is 966. The van der Waals surface area contributed by atoms with Crippen LogP contribution >= 0.6 is 45.2 Å². The number of hydrogen-bond donors (Lipinski definition) is 2. The molecule has 2 rings (SSSR count). The molecule has 6 nitrogen and oxygen atoms in total. The highest BCUT2D eigenvalue weighted by Crippen LogP contribution is 2.30. The average molecular weight is 602 g/mol. The predicted octanol–water partition coefficient (Wildman–Crippen LogP) is 4.52. The van der Waals surface area contributed by atoms with Crippen LogP contribution in [0.15, 0.2) is 35.9 Å².